The molecule has 1 heterocycles. The molecule has 30 heavy (non-hydrogen) atoms. The second-order valence-electron chi connectivity index (χ2n) is 6.69. The SMILES string of the molecule is CN(C)CCNc1cc(Cl)ccc1CNc1cc(F)c(SNc2nccs2)cc1F. The summed E-state index contributed by atoms with van der Waals surface area (Å²) < 4.78 is 31.9. The van der Waals surface area contributed by atoms with Gasteiger partial charge in [0.2, 0.25) is 0 Å². The van der Waals surface area contributed by atoms with Crippen LogP contribution in [0.25, 0.3) is 0 Å². The fourth-order valence-electron chi connectivity index (χ4n) is 2.59. The molecular weight excluding hydrogens is 448 g/mol. The Balaban J connectivity index is 1.66. The van der Waals surface area contributed by atoms with E-state index in [0.29, 0.717) is 16.7 Å². The first-order valence-electron chi connectivity index (χ1n) is 9.14. The molecule has 0 fully saturated rings. The average Bonchev–Trinajstić information content (AvgIpc) is 3.21. The molecular formula is C20H22ClF2N5S2. The Morgan fingerprint density at radius 1 is 1.10 bits per heavy atom. The summed E-state index contributed by atoms with van der Waals surface area (Å²) >= 11 is 8.48. The van der Waals surface area contributed by atoms with Gasteiger partial charge in [0.05, 0.1) is 10.6 Å². The van der Waals surface area contributed by atoms with E-state index in [2.05, 4.69) is 25.2 Å². The zero-order valence-corrected chi connectivity index (χ0v) is 18.9. The summed E-state index contributed by atoms with van der Waals surface area (Å²) in [6, 6.07) is 7.80. The van der Waals surface area contributed by atoms with Gasteiger partial charge in [0.15, 0.2) is 5.13 Å². The lowest BCUT2D eigenvalue weighted by molar-refractivity contribution is 0.425. The van der Waals surface area contributed by atoms with Crippen LogP contribution >= 0.6 is 34.9 Å². The maximum absolute atomic E-state index is 14.5. The number of likely N-dealkylation sites (N-methyl/N-ethyl adjacent to an activating group) is 1. The maximum Gasteiger partial charge on any atom is 0.192 e. The van der Waals surface area contributed by atoms with Crippen LogP contribution in [0.5, 0.6) is 0 Å². The first-order valence-corrected chi connectivity index (χ1v) is 11.2. The van der Waals surface area contributed by atoms with Crippen molar-refractivity contribution in [2.24, 2.45) is 0 Å². The van der Waals surface area contributed by atoms with E-state index in [1.165, 1.54) is 17.4 Å². The van der Waals surface area contributed by atoms with E-state index >= 15 is 0 Å². The van der Waals surface area contributed by atoms with Crippen molar-refractivity contribution in [3.63, 3.8) is 0 Å². The van der Waals surface area contributed by atoms with Crippen molar-refractivity contribution in [2.45, 2.75) is 11.4 Å². The third kappa shape index (κ3) is 6.46. The smallest absolute Gasteiger partial charge is 0.192 e. The van der Waals surface area contributed by atoms with Gasteiger partial charge >= 0.3 is 0 Å². The maximum atomic E-state index is 14.5. The van der Waals surface area contributed by atoms with Crippen LogP contribution in [-0.4, -0.2) is 37.1 Å². The molecule has 10 heteroatoms. The van der Waals surface area contributed by atoms with E-state index in [9.17, 15) is 8.78 Å². The molecule has 160 valence electrons. The minimum atomic E-state index is -0.532. The Kier molecular flexibility index (Phi) is 8.15. The van der Waals surface area contributed by atoms with E-state index in [0.717, 1.165) is 42.4 Å². The molecule has 0 aliphatic carbocycles. The number of hydrogen-bond donors (Lipinski definition) is 3. The fourth-order valence-corrected chi connectivity index (χ4v) is 4.02. The van der Waals surface area contributed by atoms with Gasteiger partial charge in [-0.3, -0.25) is 0 Å². The Hall–Kier alpha value is -2.07. The predicted molar refractivity (Wildman–Crippen MR) is 124 cm³/mol. The van der Waals surface area contributed by atoms with Crippen molar-refractivity contribution in [3.05, 3.63) is 64.1 Å². The van der Waals surface area contributed by atoms with Crippen molar-refractivity contribution >= 4 is 51.4 Å². The molecule has 0 spiro atoms. The molecule has 3 aromatic rings. The van der Waals surface area contributed by atoms with Gasteiger partial charge in [0, 0.05) is 48.0 Å². The molecule has 0 saturated carbocycles. The van der Waals surface area contributed by atoms with Gasteiger partial charge in [-0.25, -0.2) is 13.8 Å². The van der Waals surface area contributed by atoms with E-state index in [-0.39, 0.29) is 10.6 Å². The monoisotopic (exact) mass is 469 g/mol. The molecule has 0 amide bonds. The van der Waals surface area contributed by atoms with Crippen molar-refractivity contribution in [1.82, 2.24) is 9.88 Å². The highest BCUT2D eigenvalue weighted by atomic mass is 35.5. The first kappa shape index (κ1) is 22.6. The number of aromatic nitrogens is 1. The molecule has 0 aliphatic rings. The number of anilines is 3. The van der Waals surface area contributed by atoms with Crippen LogP contribution in [0.3, 0.4) is 0 Å². The Labute approximate surface area is 188 Å². The number of halogens is 3. The minimum Gasteiger partial charge on any atom is -0.383 e. The molecule has 1 aromatic heterocycles. The molecule has 0 saturated heterocycles. The fraction of sp³-hybridized carbons (Fsp3) is 0.250. The molecule has 0 unspecified atom stereocenters. The summed E-state index contributed by atoms with van der Waals surface area (Å²) in [5.74, 6) is -1.05. The Morgan fingerprint density at radius 3 is 2.67 bits per heavy atom. The molecule has 0 aliphatic heterocycles. The second-order valence-corrected chi connectivity index (χ2v) is 8.87. The van der Waals surface area contributed by atoms with E-state index in [1.54, 1.807) is 17.6 Å². The summed E-state index contributed by atoms with van der Waals surface area (Å²) in [7, 11) is 3.99. The van der Waals surface area contributed by atoms with Gasteiger partial charge in [-0.05, 0) is 49.8 Å². The van der Waals surface area contributed by atoms with Gasteiger partial charge in [0.25, 0.3) is 0 Å². The van der Waals surface area contributed by atoms with Gasteiger partial charge in [-0.1, -0.05) is 17.7 Å². The standard InChI is InChI=1S/C20H22ClF2N5S2/c1-28(2)7-5-24-17-9-14(21)4-3-13(17)12-26-18-10-16(23)19(11-15(18)22)30-27-20-25-6-8-29-20/h3-4,6,8-11,24,26H,5,7,12H2,1-2H3,(H,25,27). The van der Waals surface area contributed by atoms with Crippen molar-refractivity contribution in [1.29, 1.82) is 0 Å². The van der Waals surface area contributed by atoms with Crippen molar-refractivity contribution in [2.75, 3.05) is 42.5 Å². The van der Waals surface area contributed by atoms with Crippen LogP contribution in [0.1, 0.15) is 5.56 Å². The van der Waals surface area contributed by atoms with E-state index in [1.807, 2.05) is 26.2 Å². The summed E-state index contributed by atoms with van der Waals surface area (Å²) in [5, 5.41) is 9.35. The summed E-state index contributed by atoms with van der Waals surface area (Å²) in [5.41, 5.74) is 1.86. The third-order valence-corrected chi connectivity index (χ3v) is 6.00. The Bertz CT molecular complexity index is 970. The number of nitrogens with one attached hydrogen (secondary N) is 3. The molecule has 3 N–H and O–H groups in total. The first-order chi connectivity index (χ1) is 14.4. The highest BCUT2D eigenvalue weighted by Gasteiger charge is 2.12. The topological polar surface area (TPSA) is 52.2 Å². The van der Waals surface area contributed by atoms with E-state index in [4.69, 9.17) is 11.6 Å². The normalized spacial score (nSPS) is 11.0. The number of benzene rings is 2. The lowest BCUT2D eigenvalue weighted by Gasteiger charge is -2.16. The predicted octanol–water partition coefficient (Wildman–Crippen LogP) is 5.78. The van der Waals surface area contributed by atoms with Gasteiger partial charge in [-0.15, -0.1) is 11.3 Å². The molecule has 0 bridgehead atoms. The van der Waals surface area contributed by atoms with Crippen LogP contribution in [0.2, 0.25) is 5.02 Å². The lowest BCUT2D eigenvalue weighted by atomic mass is 10.1. The van der Waals surface area contributed by atoms with E-state index < -0.39 is 11.6 Å². The van der Waals surface area contributed by atoms with Crippen LogP contribution in [0, 0.1) is 11.6 Å². The number of hydrogen-bond acceptors (Lipinski definition) is 7. The number of nitrogens with zero attached hydrogens (tertiary/aromatic N) is 2. The minimum absolute atomic E-state index is 0.0975. The molecule has 3 rings (SSSR count). The van der Waals surface area contributed by atoms with Crippen LogP contribution in [-0.2, 0) is 6.54 Å². The summed E-state index contributed by atoms with van der Waals surface area (Å²) in [4.78, 5) is 6.27. The zero-order chi connectivity index (χ0) is 21.5. The van der Waals surface area contributed by atoms with Gasteiger partial charge in [-0.2, -0.15) is 0 Å². The number of thiazole rings is 1. The van der Waals surface area contributed by atoms with Crippen LogP contribution in [0.15, 0.2) is 46.8 Å². The third-order valence-electron chi connectivity index (χ3n) is 4.12. The van der Waals surface area contributed by atoms with Crippen molar-refractivity contribution in [3.8, 4) is 0 Å². The lowest BCUT2D eigenvalue weighted by Crippen LogP contribution is -2.21. The molecule has 0 atom stereocenters. The van der Waals surface area contributed by atoms with Gasteiger partial charge in [0.1, 0.15) is 11.6 Å². The summed E-state index contributed by atoms with van der Waals surface area (Å²) in [6.07, 6.45) is 1.64. The molecule has 0 radical (unpaired) electrons. The second kappa shape index (κ2) is 10.8. The largest absolute Gasteiger partial charge is 0.383 e. The molecule has 2 aromatic carbocycles. The Morgan fingerprint density at radius 2 is 1.93 bits per heavy atom. The highest BCUT2D eigenvalue weighted by molar-refractivity contribution is 8.00. The quantitative estimate of drug-likeness (QED) is 0.327. The average molecular weight is 470 g/mol. The van der Waals surface area contributed by atoms with Crippen LogP contribution in [0.4, 0.5) is 25.3 Å². The zero-order valence-electron chi connectivity index (χ0n) is 16.5. The van der Waals surface area contributed by atoms with Gasteiger partial charge < -0.3 is 20.3 Å². The molecule has 5 nitrogen and oxygen atoms in total. The highest BCUT2D eigenvalue weighted by Crippen LogP contribution is 2.29. The van der Waals surface area contributed by atoms with Crippen LogP contribution < -0.4 is 15.4 Å². The summed E-state index contributed by atoms with van der Waals surface area (Å²) in [6.45, 7) is 1.91. The van der Waals surface area contributed by atoms with Crippen molar-refractivity contribution < 1.29 is 8.78 Å². The number of rotatable bonds is 10.